The number of aryl methyl sites for hydroxylation is 1. The first-order valence-corrected chi connectivity index (χ1v) is 13.6. The highest BCUT2D eigenvalue weighted by Crippen LogP contribution is 2.37. The minimum absolute atomic E-state index is 0.169. The minimum atomic E-state index is -1.35. The van der Waals surface area contributed by atoms with Crippen molar-refractivity contribution < 1.29 is 28.6 Å². The molecule has 1 N–H and O–H groups in total. The largest absolute Gasteiger partial charge is 0.494 e. The van der Waals surface area contributed by atoms with Gasteiger partial charge in [0.05, 0.1) is 23.8 Å². The Hall–Kier alpha value is -3.97. The highest BCUT2D eigenvalue weighted by molar-refractivity contribution is 6.34. The van der Waals surface area contributed by atoms with Crippen molar-refractivity contribution in [2.45, 2.75) is 45.6 Å². The number of ether oxygens (including phenoxy) is 2. The molecule has 0 saturated carbocycles. The molecule has 0 bridgehead atoms. The summed E-state index contributed by atoms with van der Waals surface area (Å²) >= 11 is 6.54. The van der Waals surface area contributed by atoms with Crippen molar-refractivity contribution >= 4 is 29.6 Å². The number of hydrogen-bond acceptors (Lipinski definition) is 5. The van der Waals surface area contributed by atoms with E-state index >= 15 is 0 Å². The molecule has 1 aliphatic rings. The molecule has 208 valence electrons. The molecular formula is C32H31ClFNO5. The van der Waals surface area contributed by atoms with Crippen LogP contribution in [0.3, 0.4) is 0 Å². The van der Waals surface area contributed by atoms with E-state index in [9.17, 15) is 19.1 Å². The van der Waals surface area contributed by atoms with Crippen molar-refractivity contribution in [3.8, 4) is 22.6 Å². The molecule has 6 nitrogen and oxygen atoms in total. The third kappa shape index (κ3) is 6.10. The number of allylic oxidation sites excluding steroid dienone is 1. The molecule has 1 heterocycles. The van der Waals surface area contributed by atoms with E-state index in [-0.39, 0.29) is 17.2 Å². The van der Waals surface area contributed by atoms with E-state index in [4.69, 9.17) is 21.1 Å². The third-order valence-electron chi connectivity index (χ3n) is 6.65. The molecule has 1 unspecified atom stereocenters. The van der Waals surface area contributed by atoms with Crippen LogP contribution in [0.4, 0.5) is 4.39 Å². The first-order chi connectivity index (χ1) is 19.2. The molecule has 0 aromatic heterocycles. The molecule has 0 radical (unpaired) electrons. The average molecular weight is 564 g/mol. The lowest BCUT2D eigenvalue weighted by Gasteiger charge is -2.25. The van der Waals surface area contributed by atoms with Gasteiger partial charge in [0.25, 0.3) is 0 Å². The second kappa shape index (κ2) is 12.5. The van der Waals surface area contributed by atoms with Crippen LogP contribution >= 0.6 is 11.6 Å². The number of nitrogens with zero attached hydrogens (tertiary/aromatic N) is 1. The number of halogens is 2. The number of ketones is 1. The second-order valence-electron chi connectivity index (χ2n) is 9.68. The summed E-state index contributed by atoms with van der Waals surface area (Å²) < 4.78 is 26.0. The molecule has 0 amide bonds. The zero-order valence-electron chi connectivity index (χ0n) is 22.7. The molecule has 0 aliphatic carbocycles. The van der Waals surface area contributed by atoms with Gasteiger partial charge < -0.3 is 14.6 Å². The fraction of sp³-hybridized carbons (Fsp3) is 0.281. The van der Waals surface area contributed by atoms with Gasteiger partial charge in [-0.2, -0.15) is 0 Å². The maximum atomic E-state index is 14.3. The van der Waals surface area contributed by atoms with Gasteiger partial charge in [-0.15, -0.1) is 0 Å². The fourth-order valence-corrected chi connectivity index (χ4v) is 4.90. The standard InChI is InChI=1S/C32H31ClFNO5/c1-4-13-39-23-8-9-24(27(33)17-23)30(36)32(11-6-12-35-32)19-22-16-21(7-10-29(22)40-14-5-2)25-18-26(31(37)38)28(34)15-20(25)3/h6-12,15-18H,4-5,13-14,19H2,1-3H3,(H,37,38). The quantitative estimate of drug-likeness (QED) is 0.230. The summed E-state index contributed by atoms with van der Waals surface area (Å²) in [6.45, 7) is 6.73. The van der Waals surface area contributed by atoms with Gasteiger partial charge in [-0.05, 0) is 96.6 Å². The van der Waals surface area contributed by atoms with E-state index in [1.54, 1.807) is 55.6 Å². The average Bonchev–Trinajstić information content (AvgIpc) is 3.40. The van der Waals surface area contributed by atoms with Crippen LogP contribution in [0.5, 0.6) is 11.5 Å². The Balaban J connectivity index is 1.76. The molecule has 1 aliphatic heterocycles. The van der Waals surface area contributed by atoms with E-state index in [0.717, 1.165) is 12.8 Å². The molecule has 0 saturated heterocycles. The Bertz CT molecular complexity index is 1480. The molecule has 40 heavy (non-hydrogen) atoms. The van der Waals surface area contributed by atoms with Crippen molar-refractivity contribution in [2.75, 3.05) is 13.2 Å². The van der Waals surface area contributed by atoms with Crippen molar-refractivity contribution in [1.29, 1.82) is 0 Å². The Morgan fingerprint density at radius 2 is 1.75 bits per heavy atom. The summed E-state index contributed by atoms with van der Waals surface area (Å²) in [4.78, 5) is 30.2. The van der Waals surface area contributed by atoms with Gasteiger partial charge in [-0.1, -0.05) is 31.5 Å². The number of Topliss-reactive ketones (excluding diaryl/α,β-unsaturated/α-hetero) is 1. The second-order valence-corrected chi connectivity index (χ2v) is 10.1. The van der Waals surface area contributed by atoms with Crippen LogP contribution in [0.2, 0.25) is 5.02 Å². The number of carbonyl (C=O) groups excluding carboxylic acids is 1. The van der Waals surface area contributed by atoms with Crippen LogP contribution in [0.15, 0.2) is 65.7 Å². The first kappa shape index (κ1) is 29.0. The lowest BCUT2D eigenvalue weighted by molar-refractivity contribution is 0.0691. The molecule has 4 rings (SSSR count). The molecule has 0 spiro atoms. The van der Waals surface area contributed by atoms with Crippen molar-refractivity contribution in [3.63, 3.8) is 0 Å². The first-order valence-electron chi connectivity index (χ1n) is 13.2. The highest BCUT2D eigenvalue weighted by atomic mass is 35.5. The van der Waals surface area contributed by atoms with Gasteiger partial charge in [-0.25, -0.2) is 9.18 Å². The van der Waals surface area contributed by atoms with Crippen LogP contribution in [0.1, 0.15) is 58.5 Å². The van der Waals surface area contributed by atoms with Crippen molar-refractivity contribution in [3.05, 3.63) is 93.8 Å². The Kier molecular flexibility index (Phi) is 9.05. The number of hydrogen-bond donors (Lipinski definition) is 1. The molecular weight excluding hydrogens is 533 g/mol. The summed E-state index contributed by atoms with van der Waals surface area (Å²) in [6.07, 6.45) is 6.85. The summed E-state index contributed by atoms with van der Waals surface area (Å²) in [6, 6.07) is 13.0. The van der Waals surface area contributed by atoms with Crippen LogP contribution in [-0.4, -0.2) is 41.8 Å². The van der Waals surface area contributed by atoms with Crippen LogP contribution in [0, 0.1) is 12.7 Å². The van der Waals surface area contributed by atoms with E-state index < -0.39 is 22.9 Å². The van der Waals surface area contributed by atoms with Gasteiger partial charge in [0.15, 0.2) is 5.78 Å². The smallest absolute Gasteiger partial charge is 0.338 e. The minimum Gasteiger partial charge on any atom is -0.494 e. The van der Waals surface area contributed by atoms with E-state index in [0.29, 0.717) is 52.5 Å². The fourth-order valence-electron chi connectivity index (χ4n) is 4.64. The monoisotopic (exact) mass is 563 g/mol. The van der Waals surface area contributed by atoms with E-state index in [1.165, 1.54) is 12.1 Å². The maximum Gasteiger partial charge on any atom is 0.338 e. The normalized spacial score (nSPS) is 15.8. The van der Waals surface area contributed by atoms with Crippen molar-refractivity contribution in [1.82, 2.24) is 0 Å². The predicted octanol–water partition coefficient (Wildman–Crippen LogP) is 7.54. The number of carboxylic acid groups (broad SMARTS) is 1. The molecule has 3 aromatic carbocycles. The van der Waals surface area contributed by atoms with Gasteiger partial charge in [0.1, 0.15) is 22.9 Å². The molecule has 1 atom stereocenters. The van der Waals surface area contributed by atoms with Crippen LogP contribution < -0.4 is 9.47 Å². The zero-order valence-corrected chi connectivity index (χ0v) is 23.4. The molecule has 0 fully saturated rings. The number of benzene rings is 3. The molecule has 8 heteroatoms. The Morgan fingerprint density at radius 1 is 1.00 bits per heavy atom. The number of aliphatic imine (C=N–C) groups is 1. The maximum absolute atomic E-state index is 14.3. The lowest BCUT2D eigenvalue weighted by atomic mass is 9.83. The number of carboxylic acids is 1. The van der Waals surface area contributed by atoms with Crippen molar-refractivity contribution in [2.24, 2.45) is 4.99 Å². The highest BCUT2D eigenvalue weighted by Gasteiger charge is 2.39. The SMILES string of the molecule is CCCOc1ccc(C(=O)C2(Cc3cc(-c4cc(C(=O)O)c(F)cc4C)ccc3OCCC)C=CC=N2)c(Cl)c1. The van der Waals surface area contributed by atoms with Gasteiger partial charge in [0.2, 0.25) is 0 Å². The third-order valence-corrected chi connectivity index (χ3v) is 6.96. The topological polar surface area (TPSA) is 85.2 Å². The number of carbonyl (C=O) groups is 2. The zero-order chi connectivity index (χ0) is 28.9. The predicted molar refractivity (Wildman–Crippen MR) is 155 cm³/mol. The summed E-state index contributed by atoms with van der Waals surface area (Å²) in [5.74, 6) is -1.25. The number of rotatable bonds is 12. The van der Waals surface area contributed by atoms with Gasteiger partial charge in [-0.3, -0.25) is 9.79 Å². The Morgan fingerprint density at radius 3 is 2.40 bits per heavy atom. The summed E-state index contributed by atoms with van der Waals surface area (Å²) in [7, 11) is 0. The summed E-state index contributed by atoms with van der Waals surface area (Å²) in [5.41, 5.74) is 1.16. The van der Waals surface area contributed by atoms with Gasteiger partial charge in [0, 0.05) is 18.2 Å². The number of aromatic carboxylic acids is 1. The van der Waals surface area contributed by atoms with Crippen LogP contribution in [0.25, 0.3) is 11.1 Å². The van der Waals surface area contributed by atoms with E-state index in [1.807, 2.05) is 19.9 Å². The summed E-state index contributed by atoms with van der Waals surface area (Å²) in [5, 5.41) is 9.73. The molecule has 3 aromatic rings. The van der Waals surface area contributed by atoms with Gasteiger partial charge >= 0.3 is 5.97 Å². The Labute approximate surface area is 238 Å². The lowest BCUT2D eigenvalue weighted by Crippen LogP contribution is -2.36. The van der Waals surface area contributed by atoms with Crippen LogP contribution in [-0.2, 0) is 6.42 Å². The van der Waals surface area contributed by atoms with E-state index in [2.05, 4.69) is 4.99 Å².